The first-order valence-corrected chi connectivity index (χ1v) is 9.57. The molecule has 0 aliphatic carbocycles. The van der Waals surface area contributed by atoms with Gasteiger partial charge < -0.3 is 20.1 Å². The second-order valence-corrected chi connectivity index (χ2v) is 6.66. The first-order chi connectivity index (χ1) is 14.0. The number of hydrogen-bond acceptors (Lipinski definition) is 5. The third kappa shape index (κ3) is 5.97. The molecule has 6 heteroatoms. The maximum Gasteiger partial charge on any atom is 0.274 e. The van der Waals surface area contributed by atoms with Gasteiger partial charge in [-0.15, -0.1) is 0 Å². The largest absolute Gasteiger partial charge is 0.494 e. The van der Waals surface area contributed by atoms with Crippen molar-refractivity contribution in [2.75, 3.05) is 17.2 Å². The van der Waals surface area contributed by atoms with Crippen LogP contribution in [0.3, 0.4) is 0 Å². The Bertz CT molecular complexity index is 921. The predicted octanol–water partition coefficient (Wildman–Crippen LogP) is 5.26. The highest BCUT2D eigenvalue weighted by molar-refractivity contribution is 6.03. The average Bonchev–Trinajstić information content (AvgIpc) is 2.71. The Labute approximate surface area is 170 Å². The third-order valence-corrected chi connectivity index (χ3v) is 3.93. The summed E-state index contributed by atoms with van der Waals surface area (Å²) < 4.78 is 11.0. The lowest BCUT2D eigenvalue weighted by Gasteiger charge is -2.11. The minimum atomic E-state index is -0.268. The van der Waals surface area contributed by atoms with Gasteiger partial charge >= 0.3 is 0 Å². The molecule has 1 amide bonds. The molecule has 2 aromatic carbocycles. The summed E-state index contributed by atoms with van der Waals surface area (Å²) in [7, 11) is 0. The predicted molar refractivity (Wildman–Crippen MR) is 115 cm³/mol. The van der Waals surface area contributed by atoms with Crippen molar-refractivity contribution in [2.24, 2.45) is 0 Å². The van der Waals surface area contributed by atoms with Crippen LogP contribution in [0.25, 0.3) is 0 Å². The highest BCUT2D eigenvalue weighted by Gasteiger charge is 2.08. The van der Waals surface area contributed by atoms with Gasteiger partial charge in [-0.25, -0.2) is 4.98 Å². The fraction of sp³-hybridized carbons (Fsp3) is 0.217. The van der Waals surface area contributed by atoms with E-state index >= 15 is 0 Å². The van der Waals surface area contributed by atoms with Gasteiger partial charge in [-0.05, 0) is 81.4 Å². The van der Waals surface area contributed by atoms with E-state index in [0.717, 1.165) is 22.9 Å². The van der Waals surface area contributed by atoms with Crippen LogP contribution in [0.4, 0.5) is 17.1 Å². The van der Waals surface area contributed by atoms with Gasteiger partial charge in [0, 0.05) is 11.4 Å². The van der Waals surface area contributed by atoms with Gasteiger partial charge in [0.2, 0.25) is 0 Å². The average molecular weight is 391 g/mol. The number of carbonyl (C=O) groups is 1. The topological polar surface area (TPSA) is 72.5 Å². The second-order valence-electron chi connectivity index (χ2n) is 6.66. The first-order valence-electron chi connectivity index (χ1n) is 9.57. The van der Waals surface area contributed by atoms with Gasteiger partial charge in [0.1, 0.15) is 17.2 Å². The smallest absolute Gasteiger partial charge is 0.274 e. The molecule has 3 rings (SSSR count). The van der Waals surface area contributed by atoms with Gasteiger partial charge in [-0.1, -0.05) is 0 Å². The number of pyridine rings is 1. The van der Waals surface area contributed by atoms with E-state index < -0.39 is 0 Å². The Hall–Kier alpha value is -3.54. The van der Waals surface area contributed by atoms with Crippen LogP contribution in [-0.2, 0) is 0 Å². The van der Waals surface area contributed by atoms with Crippen LogP contribution in [-0.4, -0.2) is 23.6 Å². The molecule has 0 aliphatic heterocycles. The zero-order valence-electron chi connectivity index (χ0n) is 16.8. The van der Waals surface area contributed by atoms with Crippen molar-refractivity contribution in [1.82, 2.24) is 4.98 Å². The molecule has 0 bridgehead atoms. The van der Waals surface area contributed by atoms with Gasteiger partial charge in [-0.3, -0.25) is 4.79 Å². The molecule has 0 spiro atoms. The number of carbonyl (C=O) groups excluding carboxylic acids is 1. The van der Waals surface area contributed by atoms with Crippen molar-refractivity contribution in [2.45, 2.75) is 26.9 Å². The molecule has 0 aliphatic rings. The van der Waals surface area contributed by atoms with E-state index in [1.54, 1.807) is 24.4 Å². The lowest BCUT2D eigenvalue weighted by Crippen LogP contribution is -2.13. The van der Waals surface area contributed by atoms with Crippen LogP contribution in [0.2, 0.25) is 0 Å². The molecule has 1 aromatic heterocycles. The monoisotopic (exact) mass is 391 g/mol. The molecule has 0 saturated heterocycles. The molecule has 0 saturated carbocycles. The first kappa shape index (κ1) is 20.2. The number of amides is 1. The van der Waals surface area contributed by atoms with Crippen LogP contribution in [0.1, 0.15) is 31.3 Å². The highest BCUT2D eigenvalue weighted by Crippen LogP contribution is 2.20. The van der Waals surface area contributed by atoms with Gasteiger partial charge in [0.15, 0.2) is 0 Å². The summed E-state index contributed by atoms with van der Waals surface area (Å²) >= 11 is 0. The van der Waals surface area contributed by atoms with E-state index in [1.165, 1.54) is 0 Å². The van der Waals surface area contributed by atoms with E-state index in [9.17, 15) is 4.79 Å². The number of hydrogen-bond donors (Lipinski definition) is 2. The summed E-state index contributed by atoms with van der Waals surface area (Å²) in [4.78, 5) is 16.7. The van der Waals surface area contributed by atoms with Crippen LogP contribution in [0, 0.1) is 0 Å². The normalized spacial score (nSPS) is 10.5. The zero-order chi connectivity index (χ0) is 20.6. The molecule has 2 N–H and O–H groups in total. The summed E-state index contributed by atoms with van der Waals surface area (Å²) in [5.41, 5.74) is 2.73. The Morgan fingerprint density at radius 2 is 1.52 bits per heavy atom. The summed E-state index contributed by atoms with van der Waals surface area (Å²) in [6.07, 6.45) is 1.74. The minimum absolute atomic E-state index is 0.106. The van der Waals surface area contributed by atoms with Crippen LogP contribution >= 0.6 is 0 Å². The molecule has 0 atom stereocenters. The Kier molecular flexibility index (Phi) is 6.68. The molecule has 150 valence electrons. The zero-order valence-corrected chi connectivity index (χ0v) is 16.8. The molecular weight excluding hydrogens is 366 g/mol. The number of benzene rings is 2. The van der Waals surface area contributed by atoms with Crippen molar-refractivity contribution >= 4 is 23.0 Å². The molecule has 29 heavy (non-hydrogen) atoms. The van der Waals surface area contributed by atoms with Crippen molar-refractivity contribution in [1.29, 1.82) is 0 Å². The molecule has 0 unspecified atom stereocenters. The van der Waals surface area contributed by atoms with Crippen LogP contribution < -0.4 is 20.1 Å². The maximum absolute atomic E-state index is 12.4. The van der Waals surface area contributed by atoms with Crippen molar-refractivity contribution < 1.29 is 14.3 Å². The molecular formula is C23H25N3O3. The Morgan fingerprint density at radius 3 is 2.10 bits per heavy atom. The summed E-state index contributed by atoms with van der Waals surface area (Å²) in [5.74, 6) is 1.32. The van der Waals surface area contributed by atoms with E-state index in [2.05, 4.69) is 15.6 Å². The lowest BCUT2D eigenvalue weighted by atomic mass is 10.2. The number of nitrogens with one attached hydrogen (secondary N) is 2. The number of anilines is 3. The van der Waals surface area contributed by atoms with E-state index in [4.69, 9.17) is 9.47 Å². The van der Waals surface area contributed by atoms with E-state index in [-0.39, 0.29) is 12.0 Å². The number of nitrogens with zero attached hydrogens (tertiary/aromatic N) is 1. The number of rotatable bonds is 8. The molecule has 0 fully saturated rings. The minimum Gasteiger partial charge on any atom is -0.494 e. The van der Waals surface area contributed by atoms with Gasteiger partial charge in [-0.2, -0.15) is 0 Å². The van der Waals surface area contributed by atoms with E-state index in [1.807, 2.05) is 63.2 Å². The van der Waals surface area contributed by atoms with Crippen molar-refractivity contribution in [3.05, 3.63) is 72.6 Å². The van der Waals surface area contributed by atoms with Gasteiger partial charge in [0.05, 0.1) is 24.6 Å². The molecule has 6 nitrogen and oxygen atoms in total. The molecule has 1 heterocycles. The summed E-state index contributed by atoms with van der Waals surface area (Å²) in [5, 5.41) is 6.08. The van der Waals surface area contributed by atoms with E-state index in [0.29, 0.717) is 18.0 Å². The second kappa shape index (κ2) is 9.59. The molecule has 0 radical (unpaired) electrons. The third-order valence-electron chi connectivity index (χ3n) is 3.93. The SMILES string of the molecule is CCOc1ccc(Nc2ccc(C(=O)Nc3ccc(OC(C)C)cc3)nc2)cc1. The fourth-order valence-corrected chi connectivity index (χ4v) is 2.65. The quantitative estimate of drug-likeness (QED) is 0.548. The maximum atomic E-state index is 12.4. The van der Waals surface area contributed by atoms with Crippen LogP contribution in [0.5, 0.6) is 11.5 Å². The number of aromatic nitrogens is 1. The Morgan fingerprint density at radius 1 is 0.897 bits per heavy atom. The fourth-order valence-electron chi connectivity index (χ4n) is 2.65. The number of ether oxygens (including phenoxy) is 2. The summed E-state index contributed by atoms with van der Waals surface area (Å²) in [6, 6.07) is 18.4. The lowest BCUT2D eigenvalue weighted by molar-refractivity contribution is 0.102. The Balaban J connectivity index is 1.58. The van der Waals surface area contributed by atoms with Gasteiger partial charge in [0.25, 0.3) is 5.91 Å². The van der Waals surface area contributed by atoms with Crippen molar-refractivity contribution in [3.63, 3.8) is 0 Å². The highest BCUT2D eigenvalue weighted by atomic mass is 16.5. The summed E-state index contributed by atoms with van der Waals surface area (Å²) in [6.45, 7) is 6.52. The van der Waals surface area contributed by atoms with Crippen LogP contribution in [0.15, 0.2) is 66.9 Å². The standard InChI is InChI=1S/C23H25N3O3/c1-4-28-20-10-5-17(6-11-20)25-19-9-14-22(24-15-19)23(27)26-18-7-12-21(13-8-18)29-16(2)3/h5-16,25H,4H2,1-3H3,(H,26,27). The molecule has 3 aromatic rings. The van der Waals surface area contributed by atoms with Crippen molar-refractivity contribution in [3.8, 4) is 11.5 Å².